The van der Waals surface area contributed by atoms with Gasteiger partial charge in [-0.3, -0.25) is 4.79 Å². The van der Waals surface area contributed by atoms with Crippen molar-refractivity contribution >= 4 is 22.5 Å². The van der Waals surface area contributed by atoms with Gasteiger partial charge in [0.05, 0.1) is 25.0 Å². The summed E-state index contributed by atoms with van der Waals surface area (Å²) in [5.74, 6) is 1.17. The Hall–Kier alpha value is -2.95. The molecule has 3 rings (SSSR count). The SMILES string of the molecule is CCOc1ccccc1NC(=O)c1c[nH]c2ccc(OC)cc12. The van der Waals surface area contributed by atoms with Gasteiger partial charge >= 0.3 is 0 Å². The zero-order valence-electron chi connectivity index (χ0n) is 13.1. The number of carbonyl (C=O) groups excluding carboxylic acids is 1. The number of nitrogens with one attached hydrogen (secondary N) is 2. The van der Waals surface area contributed by atoms with Crippen molar-refractivity contribution in [1.82, 2.24) is 4.98 Å². The molecular weight excluding hydrogens is 292 g/mol. The minimum absolute atomic E-state index is 0.198. The van der Waals surface area contributed by atoms with E-state index in [9.17, 15) is 4.79 Å². The molecule has 23 heavy (non-hydrogen) atoms. The summed E-state index contributed by atoms with van der Waals surface area (Å²) in [7, 11) is 1.60. The van der Waals surface area contributed by atoms with Crippen molar-refractivity contribution in [3.63, 3.8) is 0 Å². The van der Waals surface area contributed by atoms with E-state index in [2.05, 4.69) is 10.3 Å². The van der Waals surface area contributed by atoms with E-state index in [1.54, 1.807) is 13.3 Å². The standard InChI is InChI=1S/C18H18N2O3/c1-3-23-17-7-5-4-6-16(17)20-18(21)14-11-19-15-9-8-12(22-2)10-13(14)15/h4-11,19H,3H2,1-2H3,(H,20,21). The lowest BCUT2D eigenvalue weighted by molar-refractivity contribution is 0.102. The Labute approximate surface area is 134 Å². The third-order valence-corrected chi connectivity index (χ3v) is 3.57. The molecule has 0 spiro atoms. The summed E-state index contributed by atoms with van der Waals surface area (Å²) in [5, 5.41) is 3.72. The number of benzene rings is 2. The molecule has 5 nitrogen and oxygen atoms in total. The number of fused-ring (bicyclic) bond motifs is 1. The van der Waals surface area contributed by atoms with Crippen molar-refractivity contribution in [3.8, 4) is 11.5 Å². The molecule has 3 aromatic rings. The fraction of sp³-hybridized carbons (Fsp3) is 0.167. The Bertz CT molecular complexity index is 839. The van der Waals surface area contributed by atoms with Crippen LogP contribution in [0, 0.1) is 0 Å². The predicted octanol–water partition coefficient (Wildman–Crippen LogP) is 3.83. The zero-order chi connectivity index (χ0) is 16.2. The zero-order valence-corrected chi connectivity index (χ0v) is 13.1. The molecule has 0 aliphatic rings. The molecule has 1 heterocycles. The van der Waals surface area contributed by atoms with Crippen LogP contribution in [0.2, 0.25) is 0 Å². The molecule has 0 radical (unpaired) electrons. The van der Waals surface area contributed by atoms with Gasteiger partial charge in [-0.2, -0.15) is 0 Å². The molecule has 118 valence electrons. The fourth-order valence-corrected chi connectivity index (χ4v) is 2.46. The average molecular weight is 310 g/mol. The normalized spacial score (nSPS) is 10.5. The van der Waals surface area contributed by atoms with Gasteiger partial charge < -0.3 is 19.8 Å². The van der Waals surface area contributed by atoms with Gasteiger partial charge in [-0.15, -0.1) is 0 Å². The smallest absolute Gasteiger partial charge is 0.257 e. The number of carbonyl (C=O) groups is 1. The second kappa shape index (κ2) is 6.44. The van der Waals surface area contributed by atoms with Crippen LogP contribution in [0.25, 0.3) is 10.9 Å². The summed E-state index contributed by atoms with van der Waals surface area (Å²) in [5.41, 5.74) is 2.09. The molecular formula is C18H18N2O3. The average Bonchev–Trinajstić information content (AvgIpc) is 3.00. The number of aromatic amines is 1. The molecule has 2 N–H and O–H groups in total. The molecule has 0 saturated carbocycles. The van der Waals surface area contributed by atoms with E-state index >= 15 is 0 Å². The Balaban J connectivity index is 1.92. The maximum Gasteiger partial charge on any atom is 0.257 e. The van der Waals surface area contributed by atoms with Gasteiger partial charge in [0, 0.05) is 17.1 Å². The highest BCUT2D eigenvalue weighted by atomic mass is 16.5. The van der Waals surface area contributed by atoms with Crippen LogP contribution in [0.1, 0.15) is 17.3 Å². The second-order valence-electron chi connectivity index (χ2n) is 5.00. The number of hydrogen-bond acceptors (Lipinski definition) is 3. The van der Waals surface area contributed by atoms with Crippen molar-refractivity contribution in [2.75, 3.05) is 19.0 Å². The number of anilines is 1. The Kier molecular flexibility index (Phi) is 4.19. The number of para-hydroxylation sites is 2. The fourth-order valence-electron chi connectivity index (χ4n) is 2.46. The van der Waals surface area contributed by atoms with Crippen LogP contribution < -0.4 is 14.8 Å². The van der Waals surface area contributed by atoms with E-state index in [1.807, 2.05) is 49.4 Å². The van der Waals surface area contributed by atoms with Gasteiger partial charge in [0.2, 0.25) is 0 Å². The Morgan fingerprint density at radius 3 is 2.83 bits per heavy atom. The van der Waals surface area contributed by atoms with Gasteiger partial charge in [-0.05, 0) is 37.3 Å². The third kappa shape index (κ3) is 2.99. The highest BCUT2D eigenvalue weighted by molar-refractivity contribution is 6.13. The van der Waals surface area contributed by atoms with E-state index in [0.717, 1.165) is 10.9 Å². The molecule has 1 aromatic heterocycles. The van der Waals surface area contributed by atoms with E-state index in [-0.39, 0.29) is 5.91 Å². The summed E-state index contributed by atoms with van der Waals surface area (Å²) in [6, 6.07) is 13.0. The van der Waals surface area contributed by atoms with Crippen molar-refractivity contribution < 1.29 is 14.3 Å². The van der Waals surface area contributed by atoms with Gasteiger partial charge in [0.1, 0.15) is 11.5 Å². The number of aromatic nitrogens is 1. The highest BCUT2D eigenvalue weighted by Crippen LogP contribution is 2.27. The first-order valence-corrected chi connectivity index (χ1v) is 7.41. The van der Waals surface area contributed by atoms with Crippen molar-refractivity contribution in [2.45, 2.75) is 6.92 Å². The molecule has 0 fully saturated rings. The number of methoxy groups -OCH3 is 1. The van der Waals surface area contributed by atoms with Crippen LogP contribution >= 0.6 is 0 Å². The van der Waals surface area contributed by atoms with E-state index in [0.29, 0.717) is 29.4 Å². The van der Waals surface area contributed by atoms with Crippen LogP contribution in [0.5, 0.6) is 11.5 Å². The van der Waals surface area contributed by atoms with Gasteiger partial charge in [0.25, 0.3) is 5.91 Å². The largest absolute Gasteiger partial charge is 0.497 e. The lowest BCUT2D eigenvalue weighted by atomic mass is 10.1. The molecule has 0 unspecified atom stereocenters. The monoisotopic (exact) mass is 310 g/mol. The minimum atomic E-state index is -0.198. The predicted molar refractivity (Wildman–Crippen MR) is 90.4 cm³/mol. The van der Waals surface area contributed by atoms with Gasteiger partial charge in [-0.25, -0.2) is 0 Å². The summed E-state index contributed by atoms with van der Waals surface area (Å²) in [4.78, 5) is 15.7. The van der Waals surface area contributed by atoms with Crippen LogP contribution in [0.15, 0.2) is 48.7 Å². The minimum Gasteiger partial charge on any atom is -0.497 e. The van der Waals surface area contributed by atoms with Crippen molar-refractivity contribution in [3.05, 3.63) is 54.2 Å². The lowest BCUT2D eigenvalue weighted by Crippen LogP contribution is -2.12. The number of rotatable bonds is 5. The first-order chi connectivity index (χ1) is 11.2. The number of hydrogen-bond donors (Lipinski definition) is 2. The molecule has 0 atom stereocenters. The molecule has 0 bridgehead atoms. The topological polar surface area (TPSA) is 63.3 Å². The molecule has 0 aliphatic heterocycles. The third-order valence-electron chi connectivity index (χ3n) is 3.57. The van der Waals surface area contributed by atoms with Gasteiger partial charge in [0.15, 0.2) is 0 Å². The maximum atomic E-state index is 12.6. The maximum absolute atomic E-state index is 12.6. The second-order valence-corrected chi connectivity index (χ2v) is 5.00. The first-order valence-electron chi connectivity index (χ1n) is 7.41. The number of ether oxygens (including phenoxy) is 2. The summed E-state index contributed by atoms with van der Waals surface area (Å²) in [6.45, 7) is 2.45. The lowest BCUT2D eigenvalue weighted by Gasteiger charge is -2.11. The van der Waals surface area contributed by atoms with Crippen molar-refractivity contribution in [2.24, 2.45) is 0 Å². The first kappa shape index (κ1) is 15.0. The summed E-state index contributed by atoms with van der Waals surface area (Å²) in [6.07, 6.45) is 1.70. The molecule has 5 heteroatoms. The van der Waals surface area contributed by atoms with Crippen LogP contribution in [0.3, 0.4) is 0 Å². The number of amides is 1. The highest BCUT2D eigenvalue weighted by Gasteiger charge is 2.14. The quantitative estimate of drug-likeness (QED) is 0.753. The van der Waals surface area contributed by atoms with Crippen molar-refractivity contribution in [1.29, 1.82) is 0 Å². The van der Waals surface area contributed by atoms with Crippen LogP contribution in [-0.4, -0.2) is 24.6 Å². The number of H-pyrrole nitrogens is 1. The molecule has 0 aliphatic carbocycles. The van der Waals surface area contributed by atoms with E-state index < -0.39 is 0 Å². The van der Waals surface area contributed by atoms with Crippen LogP contribution in [-0.2, 0) is 0 Å². The van der Waals surface area contributed by atoms with E-state index in [1.165, 1.54) is 0 Å². The Morgan fingerprint density at radius 2 is 2.04 bits per heavy atom. The molecule has 2 aromatic carbocycles. The van der Waals surface area contributed by atoms with Crippen LogP contribution in [0.4, 0.5) is 5.69 Å². The van der Waals surface area contributed by atoms with E-state index in [4.69, 9.17) is 9.47 Å². The molecule has 0 saturated heterocycles. The summed E-state index contributed by atoms with van der Waals surface area (Å²) < 4.78 is 10.8. The molecule has 1 amide bonds. The Morgan fingerprint density at radius 1 is 1.22 bits per heavy atom. The summed E-state index contributed by atoms with van der Waals surface area (Å²) >= 11 is 0. The van der Waals surface area contributed by atoms with Gasteiger partial charge in [-0.1, -0.05) is 12.1 Å².